The molecule has 0 aliphatic carbocycles. The molecule has 0 saturated carbocycles. The summed E-state index contributed by atoms with van der Waals surface area (Å²) in [5, 5.41) is 8.75. The van der Waals surface area contributed by atoms with E-state index in [-0.39, 0.29) is 11.4 Å². The molecule has 21 heavy (non-hydrogen) atoms. The third kappa shape index (κ3) is 2.99. The lowest BCUT2D eigenvalue weighted by molar-refractivity contribution is -0.141. The van der Waals surface area contributed by atoms with Crippen molar-refractivity contribution >= 4 is 5.97 Å². The third-order valence-corrected chi connectivity index (χ3v) is 2.73. The first-order valence-corrected chi connectivity index (χ1v) is 5.64. The number of carbonyl (C=O) groups is 1. The highest BCUT2D eigenvalue weighted by Gasteiger charge is 2.38. The van der Waals surface area contributed by atoms with Crippen LogP contribution >= 0.6 is 0 Å². The second-order valence-corrected chi connectivity index (χ2v) is 4.22. The third-order valence-electron chi connectivity index (χ3n) is 2.73. The largest absolute Gasteiger partial charge is 0.478 e. The van der Waals surface area contributed by atoms with E-state index >= 15 is 0 Å². The van der Waals surface area contributed by atoms with Gasteiger partial charge in [-0.2, -0.15) is 13.2 Å². The molecule has 0 amide bonds. The summed E-state index contributed by atoms with van der Waals surface area (Å²) >= 11 is 0. The van der Waals surface area contributed by atoms with Crippen LogP contribution in [0.3, 0.4) is 0 Å². The lowest BCUT2D eigenvalue weighted by Gasteiger charge is -2.11. The van der Waals surface area contributed by atoms with Gasteiger partial charge in [-0.25, -0.2) is 19.2 Å². The van der Waals surface area contributed by atoms with Crippen LogP contribution in [0, 0.1) is 12.7 Å². The van der Waals surface area contributed by atoms with Gasteiger partial charge in [0.15, 0.2) is 11.5 Å². The van der Waals surface area contributed by atoms with E-state index in [1.165, 1.54) is 6.07 Å². The second kappa shape index (κ2) is 5.12. The lowest BCUT2D eigenvalue weighted by atomic mass is 10.1. The summed E-state index contributed by atoms with van der Waals surface area (Å²) in [7, 11) is 0. The smallest absolute Gasteiger partial charge is 0.434 e. The minimum absolute atomic E-state index is 0.0671. The van der Waals surface area contributed by atoms with Gasteiger partial charge in [-0.1, -0.05) is 6.07 Å². The molecule has 2 aromatic rings. The number of hydrogen-bond donors (Lipinski definition) is 1. The lowest BCUT2D eigenvalue weighted by Crippen LogP contribution is -2.16. The van der Waals surface area contributed by atoms with Crippen molar-refractivity contribution < 1.29 is 27.5 Å². The molecule has 0 bridgehead atoms. The van der Waals surface area contributed by atoms with E-state index in [2.05, 4.69) is 9.97 Å². The van der Waals surface area contributed by atoms with Gasteiger partial charge in [0.25, 0.3) is 0 Å². The van der Waals surface area contributed by atoms with Gasteiger partial charge < -0.3 is 5.11 Å². The average molecular weight is 300 g/mol. The normalized spacial score (nSPS) is 11.5. The van der Waals surface area contributed by atoms with Crippen LogP contribution in [0.1, 0.15) is 21.6 Å². The van der Waals surface area contributed by atoms with Crippen molar-refractivity contribution in [1.82, 2.24) is 9.97 Å². The molecule has 0 atom stereocenters. The maximum Gasteiger partial charge on any atom is 0.434 e. The highest BCUT2D eigenvalue weighted by molar-refractivity contribution is 5.89. The monoisotopic (exact) mass is 300 g/mol. The summed E-state index contributed by atoms with van der Waals surface area (Å²) in [5.74, 6) is -2.83. The molecule has 8 heteroatoms. The fraction of sp³-hybridized carbons (Fsp3) is 0.154. The van der Waals surface area contributed by atoms with E-state index < -0.39 is 29.2 Å². The average Bonchev–Trinajstić information content (AvgIpc) is 2.40. The maximum atomic E-state index is 13.2. The molecular formula is C13H8F4N2O2. The van der Waals surface area contributed by atoms with Crippen molar-refractivity contribution in [3.05, 3.63) is 47.0 Å². The summed E-state index contributed by atoms with van der Waals surface area (Å²) in [5.41, 5.74) is -2.09. The fourth-order valence-electron chi connectivity index (χ4n) is 1.72. The van der Waals surface area contributed by atoms with Crippen molar-refractivity contribution in [2.75, 3.05) is 0 Å². The summed E-state index contributed by atoms with van der Waals surface area (Å²) in [4.78, 5) is 17.6. The van der Waals surface area contributed by atoms with Crippen LogP contribution in [-0.2, 0) is 6.18 Å². The molecule has 110 valence electrons. The number of carboxylic acids is 1. The molecule has 0 aliphatic rings. The van der Waals surface area contributed by atoms with Gasteiger partial charge >= 0.3 is 12.1 Å². The number of benzene rings is 1. The first kappa shape index (κ1) is 14.9. The minimum Gasteiger partial charge on any atom is -0.478 e. The molecule has 1 aromatic heterocycles. The molecule has 1 aromatic carbocycles. The van der Waals surface area contributed by atoms with E-state index in [0.717, 1.165) is 12.1 Å². The van der Waals surface area contributed by atoms with Crippen molar-refractivity contribution in [3.8, 4) is 11.4 Å². The predicted octanol–water partition coefficient (Wildman–Crippen LogP) is 3.31. The predicted molar refractivity (Wildman–Crippen MR) is 64.1 cm³/mol. The summed E-state index contributed by atoms with van der Waals surface area (Å²) in [6.07, 6.45) is -4.38. The van der Waals surface area contributed by atoms with Crippen molar-refractivity contribution in [2.45, 2.75) is 13.1 Å². The van der Waals surface area contributed by atoms with Crippen LogP contribution in [0.25, 0.3) is 11.4 Å². The molecule has 0 saturated heterocycles. The Balaban J connectivity index is 2.67. The number of hydrogen-bond acceptors (Lipinski definition) is 3. The molecular weight excluding hydrogens is 292 g/mol. The molecule has 1 heterocycles. The number of nitrogens with zero attached hydrogens (tertiary/aromatic N) is 2. The van der Waals surface area contributed by atoms with Crippen LogP contribution in [0.5, 0.6) is 0 Å². The number of halogens is 4. The summed E-state index contributed by atoms with van der Waals surface area (Å²) in [6.45, 7) is 1.55. The fourth-order valence-corrected chi connectivity index (χ4v) is 1.72. The highest BCUT2D eigenvalue weighted by Crippen LogP contribution is 2.32. The Morgan fingerprint density at radius 1 is 1.29 bits per heavy atom. The Bertz CT molecular complexity index is 714. The van der Waals surface area contributed by atoms with Gasteiger partial charge in [0.1, 0.15) is 11.4 Å². The molecule has 0 aliphatic heterocycles. The van der Waals surface area contributed by atoms with E-state index in [0.29, 0.717) is 11.8 Å². The Labute approximate surface area is 116 Å². The maximum absolute atomic E-state index is 13.2. The molecule has 0 unspecified atom stereocenters. The first-order valence-electron chi connectivity index (χ1n) is 5.64. The van der Waals surface area contributed by atoms with E-state index in [1.54, 1.807) is 6.92 Å². The van der Waals surface area contributed by atoms with Gasteiger partial charge in [0.05, 0.1) is 0 Å². The van der Waals surface area contributed by atoms with E-state index in [4.69, 9.17) is 5.11 Å². The Morgan fingerprint density at radius 3 is 2.52 bits per heavy atom. The summed E-state index contributed by atoms with van der Waals surface area (Å²) in [6, 6.07) is 3.51. The van der Waals surface area contributed by atoms with Crippen LogP contribution in [0.2, 0.25) is 0 Å². The SMILES string of the molecule is Cc1ccc(F)cc1-c1ncc(C(=O)O)c(C(F)(F)F)n1. The Morgan fingerprint density at radius 2 is 1.95 bits per heavy atom. The molecule has 0 fully saturated rings. The standard InChI is InChI=1S/C13H8F4N2O2/c1-6-2-3-7(14)4-8(6)11-18-5-9(12(20)21)10(19-11)13(15,16)17/h2-5H,1H3,(H,20,21). The van der Waals surface area contributed by atoms with Gasteiger partial charge in [-0.05, 0) is 24.6 Å². The molecule has 1 N–H and O–H groups in total. The number of aryl methyl sites for hydroxylation is 1. The van der Waals surface area contributed by atoms with Gasteiger partial charge in [0.2, 0.25) is 0 Å². The number of alkyl halides is 3. The zero-order chi connectivity index (χ0) is 15.8. The highest BCUT2D eigenvalue weighted by atomic mass is 19.4. The van der Waals surface area contributed by atoms with Gasteiger partial charge in [0, 0.05) is 11.8 Å². The Kier molecular flexibility index (Phi) is 3.63. The van der Waals surface area contributed by atoms with Crippen molar-refractivity contribution in [2.24, 2.45) is 0 Å². The van der Waals surface area contributed by atoms with E-state index in [9.17, 15) is 22.4 Å². The van der Waals surface area contributed by atoms with Crippen molar-refractivity contribution in [3.63, 3.8) is 0 Å². The Hall–Kier alpha value is -2.51. The zero-order valence-electron chi connectivity index (χ0n) is 10.6. The van der Waals surface area contributed by atoms with Crippen LogP contribution < -0.4 is 0 Å². The van der Waals surface area contributed by atoms with Gasteiger partial charge in [-0.3, -0.25) is 0 Å². The van der Waals surface area contributed by atoms with Crippen LogP contribution in [0.15, 0.2) is 24.4 Å². The molecule has 0 spiro atoms. The summed E-state index contributed by atoms with van der Waals surface area (Å²) < 4.78 is 51.8. The molecule has 0 radical (unpaired) electrons. The zero-order valence-corrected chi connectivity index (χ0v) is 10.6. The van der Waals surface area contributed by atoms with Crippen LogP contribution in [-0.4, -0.2) is 21.0 Å². The topological polar surface area (TPSA) is 63.1 Å². The first-order chi connectivity index (χ1) is 9.70. The van der Waals surface area contributed by atoms with Crippen LogP contribution in [0.4, 0.5) is 17.6 Å². The number of carboxylic acid groups (broad SMARTS) is 1. The van der Waals surface area contributed by atoms with E-state index in [1.807, 2.05) is 0 Å². The molecule has 4 nitrogen and oxygen atoms in total. The van der Waals surface area contributed by atoms with Gasteiger partial charge in [-0.15, -0.1) is 0 Å². The second-order valence-electron chi connectivity index (χ2n) is 4.22. The number of rotatable bonds is 2. The van der Waals surface area contributed by atoms with Crippen molar-refractivity contribution in [1.29, 1.82) is 0 Å². The minimum atomic E-state index is -4.95. The number of aromatic carboxylic acids is 1. The molecule has 2 rings (SSSR count). The number of aromatic nitrogens is 2. The quantitative estimate of drug-likeness (QED) is 0.864.